The number of nitrogens with zero attached hydrogens (tertiary/aromatic N) is 1. The Kier molecular flexibility index (Phi) is 3.34. The zero-order valence-corrected chi connectivity index (χ0v) is 10.9. The second-order valence-electron chi connectivity index (χ2n) is 5.62. The van der Waals surface area contributed by atoms with E-state index in [1.54, 1.807) is 0 Å². The molecule has 1 aromatic carbocycles. The van der Waals surface area contributed by atoms with Gasteiger partial charge in [0, 0.05) is 13.1 Å². The molecule has 0 radical (unpaired) electrons. The van der Waals surface area contributed by atoms with E-state index in [1.807, 2.05) is 0 Å². The van der Waals surface area contributed by atoms with Crippen molar-refractivity contribution in [2.75, 3.05) is 20.1 Å². The van der Waals surface area contributed by atoms with E-state index in [0.29, 0.717) is 0 Å². The molecule has 0 N–H and O–H groups in total. The first-order chi connectivity index (χ1) is 7.58. The summed E-state index contributed by atoms with van der Waals surface area (Å²) in [6.07, 6.45) is 0. The lowest BCUT2D eigenvalue weighted by atomic mass is 9.75. The fraction of sp³-hybridized carbons (Fsp3) is 0.600. The lowest BCUT2D eigenvalue weighted by molar-refractivity contribution is 0.142. The molecular weight excluding hydrogens is 194 g/mol. The summed E-state index contributed by atoms with van der Waals surface area (Å²) in [6.45, 7) is 9.41. The minimum atomic E-state index is 0.732. The fourth-order valence-corrected chi connectivity index (χ4v) is 3.38. The van der Waals surface area contributed by atoms with Crippen LogP contribution in [-0.2, 0) is 0 Å². The zero-order valence-electron chi connectivity index (χ0n) is 10.9. The van der Waals surface area contributed by atoms with Crippen molar-refractivity contribution >= 4 is 0 Å². The van der Waals surface area contributed by atoms with Gasteiger partial charge in [-0.3, -0.25) is 0 Å². The normalized spacial score (nSPS) is 31.6. The summed E-state index contributed by atoms with van der Waals surface area (Å²) in [7, 11) is 2.24. The molecular formula is C15H23N. The number of benzene rings is 1. The third kappa shape index (κ3) is 2.30. The Balaban J connectivity index is 2.25. The summed E-state index contributed by atoms with van der Waals surface area (Å²) in [6, 6.07) is 9.05. The highest BCUT2D eigenvalue weighted by Crippen LogP contribution is 2.36. The first kappa shape index (κ1) is 11.7. The van der Waals surface area contributed by atoms with Crippen molar-refractivity contribution in [2.45, 2.75) is 26.7 Å². The maximum absolute atomic E-state index is 2.46. The fourth-order valence-electron chi connectivity index (χ4n) is 3.38. The Labute approximate surface area is 99.5 Å². The molecule has 3 atom stereocenters. The smallest absolute Gasteiger partial charge is 0.00100 e. The lowest BCUT2D eigenvalue weighted by Gasteiger charge is -2.40. The molecule has 0 spiro atoms. The van der Waals surface area contributed by atoms with Crippen molar-refractivity contribution in [3.8, 4) is 0 Å². The standard InChI is InChI=1S/C15H23N/c1-11-6-5-7-14(8-11)15-12(2)9-16(4)10-13(15)3/h5-8,12-13,15H,9-10H2,1-4H3/t12-,13+,15?. The van der Waals surface area contributed by atoms with E-state index in [9.17, 15) is 0 Å². The van der Waals surface area contributed by atoms with Gasteiger partial charge in [-0.25, -0.2) is 0 Å². The van der Waals surface area contributed by atoms with Crippen molar-refractivity contribution < 1.29 is 0 Å². The summed E-state index contributed by atoms with van der Waals surface area (Å²) in [5, 5.41) is 0. The Hall–Kier alpha value is -0.820. The maximum atomic E-state index is 2.46. The van der Waals surface area contributed by atoms with Crippen LogP contribution in [-0.4, -0.2) is 25.0 Å². The minimum Gasteiger partial charge on any atom is -0.306 e. The summed E-state index contributed by atoms with van der Waals surface area (Å²) in [5.74, 6) is 2.25. The van der Waals surface area contributed by atoms with Gasteiger partial charge in [0.25, 0.3) is 0 Å². The van der Waals surface area contributed by atoms with Crippen LogP contribution in [0, 0.1) is 18.8 Å². The van der Waals surface area contributed by atoms with Crippen molar-refractivity contribution in [1.29, 1.82) is 0 Å². The number of likely N-dealkylation sites (tertiary alicyclic amines) is 1. The number of piperidine rings is 1. The molecule has 1 heteroatoms. The summed E-state index contributed by atoms with van der Waals surface area (Å²) >= 11 is 0. The second kappa shape index (κ2) is 4.58. The Morgan fingerprint density at radius 3 is 2.31 bits per heavy atom. The molecule has 1 saturated heterocycles. The largest absolute Gasteiger partial charge is 0.306 e. The van der Waals surface area contributed by atoms with E-state index in [0.717, 1.165) is 17.8 Å². The SMILES string of the molecule is Cc1cccc(C2[C@H](C)CN(C)C[C@@H]2C)c1. The van der Waals surface area contributed by atoms with Gasteiger partial charge in [0.1, 0.15) is 0 Å². The molecule has 2 rings (SSSR count). The van der Waals surface area contributed by atoms with E-state index >= 15 is 0 Å². The zero-order chi connectivity index (χ0) is 11.7. The first-order valence-corrected chi connectivity index (χ1v) is 6.33. The van der Waals surface area contributed by atoms with Crippen LogP contribution in [0.3, 0.4) is 0 Å². The molecule has 1 aliphatic rings. The van der Waals surface area contributed by atoms with Crippen LogP contribution in [0.4, 0.5) is 0 Å². The molecule has 16 heavy (non-hydrogen) atoms. The molecule has 0 aromatic heterocycles. The molecule has 1 unspecified atom stereocenters. The van der Waals surface area contributed by atoms with Gasteiger partial charge in [-0.2, -0.15) is 0 Å². The monoisotopic (exact) mass is 217 g/mol. The number of hydrogen-bond donors (Lipinski definition) is 0. The van der Waals surface area contributed by atoms with Gasteiger partial charge in [0.15, 0.2) is 0 Å². The lowest BCUT2D eigenvalue weighted by Crippen LogP contribution is -2.41. The topological polar surface area (TPSA) is 3.24 Å². The molecule has 1 heterocycles. The highest BCUT2D eigenvalue weighted by atomic mass is 15.1. The van der Waals surface area contributed by atoms with Crippen LogP contribution in [0.1, 0.15) is 30.9 Å². The molecule has 1 nitrogen and oxygen atoms in total. The van der Waals surface area contributed by atoms with Gasteiger partial charge in [-0.1, -0.05) is 43.7 Å². The third-order valence-corrected chi connectivity index (χ3v) is 3.85. The molecule has 0 aliphatic carbocycles. The van der Waals surface area contributed by atoms with Crippen LogP contribution < -0.4 is 0 Å². The Bertz CT molecular complexity index is 346. The third-order valence-electron chi connectivity index (χ3n) is 3.85. The molecule has 0 bridgehead atoms. The highest BCUT2D eigenvalue weighted by Gasteiger charge is 2.31. The Morgan fingerprint density at radius 1 is 1.12 bits per heavy atom. The van der Waals surface area contributed by atoms with Crippen LogP contribution in [0.15, 0.2) is 24.3 Å². The number of hydrogen-bond acceptors (Lipinski definition) is 1. The van der Waals surface area contributed by atoms with Gasteiger partial charge >= 0.3 is 0 Å². The molecule has 1 aliphatic heterocycles. The first-order valence-electron chi connectivity index (χ1n) is 6.33. The van der Waals surface area contributed by atoms with Crippen molar-refractivity contribution in [1.82, 2.24) is 4.90 Å². The van der Waals surface area contributed by atoms with E-state index < -0.39 is 0 Å². The summed E-state index contributed by atoms with van der Waals surface area (Å²) < 4.78 is 0. The van der Waals surface area contributed by atoms with E-state index in [2.05, 4.69) is 57.0 Å². The summed E-state index contributed by atoms with van der Waals surface area (Å²) in [5.41, 5.74) is 2.92. The predicted octanol–water partition coefficient (Wildman–Crippen LogP) is 3.30. The van der Waals surface area contributed by atoms with Gasteiger partial charge < -0.3 is 4.90 Å². The van der Waals surface area contributed by atoms with E-state index in [-0.39, 0.29) is 0 Å². The van der Waals surface area contributed by atoms with Crippen LogP contribution in [0.5, 0.6) is 0 Å². The maximum Gasteiger partial charge on any atom is 0.00100 e. The van der Waals surface area contributed by atoms with Crippen LogP contribution >= 0.6 is 0 Å². The Morgan fingerprint density at radius 2 is 1.75 bits per heavy atom. The summed E-state index contributed by atoms with van der Waals surface area (Å²) in [4.78, 5) is 2.46. The molecule has 1 fully saturated rings. The predicted molar refractivity (Wildman–Crippen MR) is 69.7 cm³/mol. The molecule has 1 aromatic rings. The average Bonchev–Trinajstić information content (AvgIpc) is 2.15. The minimum absolute atomic E-state index is 0.732. The van der Waals surface area contributed by atoms with Crippen LogP contribution in [0.2, 0.25) is 0 Å². The van der Waals surface area contributed by atoms with Gasteiger partial charge in [0.2, 0.25) is 0 Å². The van der Waals surface area contributed by atoms with E-state index in [1.165, 1.54) is 24.2 Å². The van der Waals surface area contributed by atoms with E-state index in [4.69, 9.17) is 0 Å². The average molecular weight is 217 g/mol. The number of aryl methyl sites for hydroxylation is 1. The van der Waals surface area contributed by atoms with Gasteiger partial charge in [0.05, 0.1) is 0 Å². The van der Waals surface area contributed by atoms with Crippen LogP contribution in [0.25, 0.3) is 0 Å². The molecule has 88 valence electrons. The molecule has 0 saturated carbocycles. The second-order valence-corrected chi connectivity index (χ2v) is 5.62. The number of rotatable bonds is 1. The highest BCUT2D eigenvalue weighted by molar-refractivity contribution is 5.27. The van der Waals surface area contributed by atoms with Gasteiger partial charge in [-0.05, 0) is 37.3 Å². The van der Waals surface area contributed by atoms with Gasteiger partial charge in [-0.15, -0.1) is 0 Å². The van der Waals surface area contributed by atoms with Crippen molar-refractivity contribution in [2.24, 2.45) is 11.8 Å². The molecule has 0 amide bonds. The van der Waals surface area contributed by atoms with Crippen molar-refractivity contribution in [3.63, 3.8) is 0 Å². The quantitative estimate of drug-likeness (QED) is 0.697. The van der Waals surface area contributed by atoms with Crippen molar-refractivity contribution in [3.05, 3.63) is 35.4 Å².